The van der Waals surface area contributed by atoms with E-state index in [0.29, 0.717) is 5.89 Å². The number of thiophene rings is 1. The zero-order valence-corrected chi connectivity index (χ0v) is 12.0. The van der Waals surface area contributed by atoms with Crippen molar-refractivity contribution in [3.63, 3.8) is 0 Å². The van der Waals surface area contributed by atoms with Crippen LogP contribution in [0.15, 0.2) is 4.52 Å². The zero-order valence-electron chi connectivity index (χ0n) is 11.2. The molecular weight excluding hydrogens is 274 g/mol. The van der Waals surface area contributed by atoms with Gasteiger partial charge in [-0.15, -0.1) is 11.3 Å². The number of hydrogen-bond acceptors (Lipinski definition) is 6. The molecule has 4 rings (SSSR count). The highest BCUT2D eigenvalue weighted by molar-refractivity contribution is 7.16. The Morgan fingerprint density at radius 3 is 3.10 bits per heavy atom. The molecule has 0 amide bonds. The summed E-state index contributed by atoms with van der Waals surface area (Å²) in [6, 6.07) is 0. The Kier molecular flexibility index (Phi) is 3.00. The fourth-order valence-corrected chi connectivity index (χ4v) is 4.26. The lowest BCUT2D eigenvalue weighted by atomic mass is 10.1. The third-order valence-electron chi connectivity index (χ3n) is 4.06. The van der Waals surface area contributed by atoms with Crippen LogP contribution in [-0.2, 0) is 24.0 Å². The van der Waals surface area contributed by atoms with Gasteiger partial charge in [-0.1, -0.05) is 5.16 Å². The van der Waals surface area contributed by atoms with Crippen LogP contribution in [-0.4, -0.2) is 22.9 Å². The molecule has 1 fully saturated rings. The Morgan fingerprint density at radius 1 is 1.30 bits per heavy atom. The standard InChI is InChI=1S/C14H17N3O2S/c15-13-12(9-4-1-5-10(9)20-13)14-16-11(17-19-14)7-8-3-2-6-18-8/h8H,1-7,15H2. The summed E-state index contributed by atoms with van der Waals surface area (Å²) >= 11 is 1.67. The Hall–Kier alpha value is -1.40. The molecular formula is C14H17N3O2S. The Labute approximate surface area is 121 Å². The quantitative estimate of drug-likeness (QED) is 0.940. The normalized spacial score (nSPS) is 21.5. The lowest BCUT2D eigenvalue weighted by Gasteiger charge is -2.03. The van der Waals surface area contributed by atoms with Crippen LogP contribution >= 0.6 is 11.3 Å². The fourth-order valence-electron chi connectivity index (χ4n) is 3.11. The van der Waals surface area contributed by atoms with Crippen LogP contribution in [0.2, 0.25) is 0 Å². The summed E-state index contributed by atoms with van der Waals surface area (Å²) in [5, 5.41) is 4.89. The SMILES string of the molecule is Nc1sc2c(c1-c1nc(CC3CCCO3)no1)CCC2. The lowest BCUT2D eigenvalue weighted by molar-refractivity contribution is 0.109. The molecule has 1 atom stereocenters. The molecule has 2 aliphatic rings. The molecule has 0 radical (unpaired) electrons. The monoisotopic (exact) mass is 291 g/mol. The van der Waals surface area contributed by atoms with Crippen molar-refractivity contribution < 1.29 is 9.26 Å². The average molecular weight is 291 g/mol. The number of ether oxygens (including phenoxy) is 1. The maximum absolute atomic E-state index is 6.12. The van der Waals surface area contributed by atoms with Crippen molar-refractivity contribution in [1.82, 2.24) is 10.1 Å². The van der Waals surface area contributed by atoms with Gasteiger partial charge in [-0.05, 0) is 37.7 Å². The molecule has 5 nitrogen and oxygen atoms in total. The van der Waals surface area contributed by atoms with E-state index in [2.05, 4.69) is 10.1 Å². The largest absolute Gasteiger partial charge is 0.390 e. The second kappa shape index (κ2) is 4.86. The van der Waals surface area contributed by atoms with Gasteiger partial charge in [-0.2, -0.15) is 4.98 Å². The van der Waals surface area contributed by atoms with Crippen LogP contribution in [0.5, 0.6) is 0 Å². The number of hydrogen-bond donors (Lipinski definition) is 1. The summed E-state index contributed by atoms with van der Waals surface area (Å²) in [5.41, 5.74) is 8.42. The number of fused-ring (bicyclic) bond motifs is 1. The van der Waals surface area contributed by atoms with E-state index in [1.165, 1.54) is 16.9 Å². The third kappa shape index (κ3) is 2.03. The first-order chi connectivity index (χ1) is 9.81. The van der Waals surface area contributed by atoms with E-state index in [4.69, 9.17) is 15.0 Å². The number of nitrogens with two attached hydrogens (primary N) is 1. The van der Waals surface area contributed by atoms with Crippen LogP contribution in [0, 0.1) is 0 Å². The molecule has 1 aliphatic carbocycles. The molecule has 2 N–H and O–H groups in total. The molecule has 1 unspecified atom stereocenters. The van der Waals surface area contributed by atoms with Gasteiger partial charge in [0.1, 0.15) is 0 Å². The second-order valence-corrected chi connectivity index (χ2v) is 6.59. The molecule has 20 heavy (non-hydrogen) atoms. The van der Waals surface area contributed by atoms with Crippen LogP contribution < -0.4 is 5.73 Å². The van der Waals surface area contributed by atoms with Gasteiger partial charge in [0.2, 0.25) is 0 Å². The predicted octanol–water partition coefficient (Wildman–Crippen LogP) is 2.59. The number of aryl methyl sites for hydroxylation is 1. The summed E-state index contributed by atoms with van der Waals surface area (Å²) < 4.78 is 11.0. The Morgan fingerprint density at radius 2 is 2.25 bits per heavy atom. The summed E-state index contributed by atoms with van der Waals surface area (Å²) in [6.07, 6.45) is 6.58. The first kappa shape index (κ1) is 12.3. The Balaban J connectivity index is 1.61. The molecule has 3 heterocycles. The highest BCUT2D eigenvalue weighted by Crippen LogP contribution is 2.42. The van der Waals surface area contributed by atoms with Crippen molar-refractivity contribution in [2.75, 3.05) is 12.3 Å². The summed E-state index contributed by atoms with van der Waals surface area (Å²) in [5.74, 6) is 1.30. The Bertz CT molecular complexity index is 628. The highest BCUT2D eigenvalue weighted by atomic mass is 32.1. The lowest BCUT2D eigenvalue weighted by Crippen LogP contribution is -2.09. The van der Waals surface area contributed by atoms with Gasteiger partial charge in [0.05, 0.1) is 16.7 Å². The van der Waals surface area contributed by atoms with Crippen LogP contribution in [0.3, 0.4) is 0 Å². The van der Waals surface area contributed by atoms with Crippen LogP contribution in [0.4, 0.5) is 5.00 Å². The van der Waals surface area contributed by atoms with E-state index in [9.17, 15) is 0 Å². The van der Waals surface area contributed by atoms with Gasteiger partial charge < -0.3 is 15.0 Å². The van der Waals surface area contributed by atoms with E-state index in [1.807, 2.05) is 0 Å². The number of rotatable bonds is 3. The number of nitrogens with zero attached hydrogens (tertiary/aromatic N) is 2. The minimum Gasteiger partial charge on any atom is -0.390 e. The molecule has 1 saturated heterocycles. The first-order valence-corrected chi connectivity index (χ1v) is 7.97. The molecule has 0 aromatic carbocycles. The molecule has 1 aliphatic heterocycles. The van der Waals surface area contributed by atoms with Gasteiger partial charge >= 0.3 is 0 Å². The van der Waals surface area contributed by atoms with Crippen molar-refractivity contribution >= 4 is 16.3 Å². The van der Waals surface area contributed by atoms with Gasteiger partial charge in [-0.3, -0.25) is 0 Å². The van der Waals surface area contributed by atoms with Crippen LogP contribution in [0.25, 0.3) is 11.5 Å². The van der Waals surface area contributed by atoms with E-state index in [-0.39, 0.29) is 6.10 Å². The minimum atomic E-state index is 0.242. The highest BCUT2D eigenvalue weighted by Gasteiger charge is 2.26. The van der Waals surface area contributed by atoms with Crippen molar-refractivity contribution in [2.45, 2.75) is 44.6 Å². The minimum absolute atomic E-state index is 0.242. The first-order valence-electron chi connectivity index (χ1n) is 7.16. The summed E-state index contributed by atoms with van der Waals surface area (Å²) in [4.78, 5) is 5.91. The van der Waals surface area contributed by atoms with Crippen molar-refractivity contribution in [3.05, 3.63) is 16.3 Å². The van der Waals surface area contributed by atoms with Gasteiger partial charge in [0.15, 0.2) is 5.82 Å². The van der Waals surface area contributed by atoms with E-state index in [1.54, 1.807) is 11.3 Å². The van der Waals surface area contributed by atoms with Gasteiger partial charge in [-0.25, -0.2) is 0 Å². The maximum atomic E-state index is 6.12. The number of nitrogen functional groups attached to an aromatic ring is 1. The van der Waals surface area contributed by atoms with E-state index < -0.39 is 0 Å². The topological polar surface area (TPSA) is 74.2 Å². The molecule has 2 aromatic heterocycles. The smallest absolute Gasteiger partial charge is 0.261 e. The van der Waals surface area contributed by atoms with Gasteiger partial charge in [0.25, 0.3) is 5.89 Å². The predicted molar refractivity (Wildman–Crippen MR) is 76.7 cm³/mol. The third-order valence-corrected chi connectivity index (χ3v) is 5.19. The van der Waals surface area contributed by atoms with E-state index >= 15 is 0 Å². The number of anilines is 1. The molecule has 106 valence electrons. The number of aromatic nitrogens is 2. The van der Waals surface area contributed by atoms with Crippen LogP contribution in [0.1, 0.15) is 35.5 Å². The van der Waals surface area contributed by atoms with Crippen molar-refractivity contribution in [3.8, 4) is 11.5 Å². The van der Waals surface area contributed by atoms with E-state index in [0.717, 1.165) is 55.1 Å². The molecule has 0 spiro atoms. The zero-order chi connectivity index (χ0) is 13.5. The van der Waals surface area contributed by atoms with Crippen molar-refractivity contribution in [1.29, 1.82) is 0 Å². The second-order valence-electron chi connectivity index (χ2n) is 5.45. The fraction of sp³-hybridized carbons (Fsp3) is 0.571. The molecule has 0 saturated carbocycles. The summed E-state index contributed by atoms with van der Waals surface area (Å²) in [6.45, 7) is 0.848. The molecule has 6 heteroatoms. The molecule has 0 bridgehead atoms. The van der Waals surface area contributed by atoms with Gasteiger partial charge in [0, 0.05) is 17.9 Å². The summed E-state index contributed by atoms with van der Waals surface area (Å²) in [7, 11) is 0. The van der Waals surface area contributed by atoms with Crippen molar-refractivity contribution in [2.24, 2.45) is 0 Å². The molecule has 2 aromatic rings. The average Bonchev–Trinajstić information content (AvgIpc) is 3.14. The maximum Gasteiger partial charge on any atom is 0.261 e.